The quantitative estimate of drug-likeness (QED) is 0.610. The minimum Gasteiger partial charge on any atom is -0.396 e. The lowest BCUT2D eigenvalue weighted by atomic mass is 9.58. The van der Waals surface area contributed by atoms with Gasteiger partial charge in [0.05, 0.1) is 5.60 Å². The summed E-state index contributed by atoms with van der Waals surface area (Å²) in [5.41, 5.74) is -0.447. The summed E-state index contributed by atoms with van der Waals surface area (Å²) in [5, 5.41) is 20.4. The minimum atomic E-state index is -0.734. The zero-order chi connectivity index (χ0) is 14.6. The molecule has 4 atom stereocenters. The van der Waals surface area contributed by atoms with Crippen molar-refractivity contribution in [2.75, 3.05) is 6.61 Å². The van der Waals surface area contributed by atoms with Crippen molar-refractivity contribution in [2.24, 2.45) is 22.2 Å². The van der Waals surface area contributed by atoms with Gasteiger partial charge in [-0.25, -0.2) is 0 Å². The molecule has 0 aromatic carbocycles. The molecule has 3 rings (SSSR count). The fourth-order valence-corrected chi connectivity index (χ4v) is 5.84. The molecule has 0 unspecified atom stereocenters. The van der Waals surface area contributed by atoms with E-state index in [1.807, 2.05) is 0 Å². The Hall–Kier alpha value is -0.600. The maximum atomic E-state index is 11.4. The Morgan fingerprint density at radius 1 is 1.15 bits per heavy atom. The number of hydrogen-bond donors (Lipinski definition) is 2. The van der Waals surface area contributed by atoms with Crippen molar-refractivity contribution in [3.63, 3.8) is 0 Å². The van der Waals surface area contributed by atoms with Gasteiger partial charge in [-0.1, -0.05) is 45.1 Å². The van der Waals surface area contributed by atoms with E-state index in [4.69, 9.17) is 5.11 Å². The van der Waals surface area contributed by atoms with Gasteiger partial charge in [-0.15, -0.1) is 0 Å². The molecule has 0 aromatic rings. The highest BCUT2D eigenvalue weighted by Crippen LogP contribution is 2.75. The summed E-state index contributed by atoms with van der Waals surface area (Å²) in [5.74, 6) is 0.429. The highest BCUT2D eigenvalue weighted by Gasteiger charge is 2.72. The van der Waals surface area contributed by atoms with Crippen LogP contribution in [-0.2, 0) is 0 Å². The third kappa shape index (κ3) is 1.52. The van der Waals surface area contributed by atoms with Gasteiger partial charge in [-0.05, 0) is 48.9 Å². The van der Waals surface area contributed by atoms with Crippen LogP contribution in [0.15, 0.2) is 24.3 Å². The summed E-state index contributed by atoms with van der Waals surface area (Å²) < 4.78 is 0. The highest BCUT2D eigenvalue weighted by molar-refractivity contribution is 5.40. The summed E-state index contributed by atoms with van der Waals surface area (Å²) in [7, 11) is 0. The van der Waals surface area contributed by atoms with Crippen LogP contribution in [0, 0.1) is 22.2 Å². The van der Waals surface area contributed by atoms with Crippen molar-refractivity contribution < 1.29 is 10.2 Å². The predicted octanol–water partition coefficient (Wildman–Crippen LogP) is 3.45. The van der Waals surface area contributed by atoms with E-state index in [1.54, 1.807) is 0 Å². The molecule has 0 amide bonds. The average molecular weight is 276 g/mol. The summed E-state index contributed by atoms with van der Waals surface area (Å²) in [4.78, 5) is 0. The molecule has 2 nitrogen and oxygen atoms in total. The van der Waals surface area contributed by atoms with Crippen LogP contribution in [-0.4, -0.2) is 22.4 Å². The molecular weight excluding hydrogens is 248 g/mol. The summed E-state index contributed by atoms with van der Waals surface area (Å²) >= 11 is 0. The van der Waals surface area contributed by atoms with Gasteiger partial charge in [-0.2, -0.15) is 0 Å². The highest BCUT2D eigenvalue weighted by atomic mass is 16.3. The zero-order valence-corrected chi connectivity index (χ0v) is 13.0. The third-order valence-electron chi connectivity index (χ3n) is 6.37. The van der Waals surface area contributed by atoms with Crippen molar-refractivity contribution in [1.82, 2.24) is 0 Å². The van der Waals surface area contributed by atoms with E-state index >= 15 is 0 Å². The molecule has 1 saturated carbocycles. The average Bonchev–Trinajstić information content (AvgIpc) is 2.86. The minimum absolute atomic E-state index is 0.126. The van der Waals surface area contributed by atoms with Gasteiger partial charge in [0, 0.05) is 12.0 Å². The van der Waals surface area contributed by atoms with Gasteiger partial charge in [0.1, 0.15) is 0 Å². The van der Waals surface area contributed by atoms with E-state index in [0.717, 1.165) is 25.7 Å². The smallest absolute Gasteiger partial charge is 0.0929 e. The van der Waals surface area contributed by atoms with Gasteiger partial charge in [-0.3, -0.25) is 0 Å². The molecule has 112 valence electrons. The van der Waals surface area contributed by atoms with Crippen molar-refractivity contribution >= 4 is 0 Å². The van der Waals surface area contributed by atoms with Crippen LogP contribution >= 0.6 is 0 Å². The maximum Gasteiger partial charge on any atom is 0.0929 e. The van der Waals surface area contributed by atoms with Gasteiger partial charge in [0.25, 0.3) is 0 Å². The van der Waals surface area contributed by atoms with Crippen LogP contribution in [0.1, 0.15) is 52.9 Å². The first-order valence-electron chi connectivity index (χ1n) is 8.02. The van der Waals surface area contributed by atoms with E-state index in [0.29, 0.717) is 5.92 Å². The molecule has 20 heavy (non-hydrogen) atoms. The summed E-state index contributed by atoms with van der Waals surface area (Å²) in [6.45, 7) is 7.27. The third-order valence-corrected chi connectivity index (χ3v) is 6.37. The zero-order valence-electron chi connectivity index (χ0n) is 13.0. The number of unbranched alkanes of at least 4 members (excludes halogenated alkanes) is 1. The number of rotatable bonds is 4. The largest absolute Gasteiger partial charge is 0.396 e. The van der Waals surface area contributed by atoms with E-state index in [1.165, 1.54) is 6.42 Å². The van der Waals surface area contributed by atoms with Gasteiger partial charge in [0.2, 0.25) is 0 Å². The maximum absolute atomic E-state index is 11.4. The fourth-order valence-electron chi connectivity index (χ4n) is 5.84. The molecule has 2 N–H and O–H groups in total. The number of aliphatic hydroxyl groups is 2. The summed E-state index contributed by atoms with van der Waals surface area (Å²) in [6.07, 6.45) is 13.6. The predicted molar refractivity (Wildman–Crippen MR) is 81.2 cm³/mol. The topological polar surface area (TPSA) is 40.5 Å². The SMILES string of the molecule is CC1(C)C[C@@]2(C)CC=C[C@@]23[C@@H]1C=C[C@]3(O)CCCCO. The van der Waals surface area contributed by atoms with Crippen LogP contribution in [0.3, 0.4) is 0 Å². The molecule has 0 bridgehead atoms. The molecule has 0 radical (unpaired) electrons. The molecule has 0 saturated heterocycles. The lowest BCUT2D eigenvalue weighted by Crippen LogP contribution is -2.51. The molecule has 1 fully saturated rings. The van der Waals surface area contributed by atoms with Crippen LogP contribution in [0.5, 0.6) is 0 Å². The first-order chi connectivity index (χ1) is 9.31. The number of allylic oxidation sites excluding steroid dienone is 2. The molecular formula is C18H28O2. The van der Waals surface area contributed by atoms with Crippen molar-refractivity contribution in [1.29, 1.82) is 0 Å². The summed E-state index contributed by atoms with van der Waals surface area (Å²) in [6, 6.07) is 0. The second kappa shape index (κ2) is 4.20. The Labute approximate surface area is 122 Å². The standard InChI is InChI=1S/C18H28O2/c1-15(2)13-16(3)8-6-10-18(16)14(15)7-11-17(18,20)9-4-5-12-19/h6-7,10-11,14,19-20H,4-5,8-9,12-13H2,1-3H3/t14-,16-,17-,18-/m1/s1. The monoisotopic (exact) mass is 276 g/mol. The van der Waals surface area contributed by atoms with E-state index < -0.39 is 5.60 Å². The van der Waals surface area contributed by atoms with Crippen LogP contribution in [0.2, 0.25) is 0 Å². The Balaban J connectivity index is 2.00. The first kappa shape index (κ1) is 14.3. The first-order valence-corrected chi connectivity index (χ1v) is 8.02. The second-order valence-electron chi connectivity index (χ2n) is 8.14. The molecule has 0 aliphatic heterocycles. The van der Waals surface area contributed by atoms with E-state index in [9.17, 15) is 5.11 Å². The van der Waals surface area contributed by atoms with Crippen molar-refractivity contribution in [2.45, 2.75) is 58.5 Å². The normalized spacial score (nSPS) is 47.8. The van der Waals surface area contributed by atoms with Gasteiger partial charge >= 0.3 is 0 Å². The number of aliphatic hydroxyl groups excluding tert-OH is 1. The Morgan fingerprint density at radius 2 is 1.90 bits per heavy atom. The van der Waals surface area contributed by atoms with E-state index in [-0.39, 0.29) is 22.9 Å². The molecule has 1 spiro atoms. The van der Waals surface area contributed by atoms with Crippen molar-refractivity contribution in [3.05, 3.63) is 24.3 Å². The van der Waals surface area contributed by atoms with Gasteiger partial charge in [0.15, 0.2) is 0 Å². The molecule has 3 aliphatic rings. The molecule has 0 heterocycles. The van der Waals surface area contributed by atoms with E-state index in [2.05, 4.69) is 45.1 Å². The Morgan fingerprint density at radius 3 is 2.60 bits per heavy atom. The second-order valence-corrected chi connectivity index (χ2v) is 8.14. The van der Waals surface area contributed by atoms with Gasteiger partial charge < -0.3 is 10.2 Å². The lowest BCUT2D eigenvalue weighted by molar-refractivity contribution is -0.0770. The molecule has 2 heteroatoms. The fraction of sp³-hybridized carbons (Fsp3) is 0.778. The van der Waals surface area contributed by atoms with Crippen LogP contribution in [0.25, 0.3) is 0 Å². The van der Waals surface area contributed by atoms with Crippen molar-refractivity contribution in [3.8, 4) is 0 Å². The Kier molecular flexibility index (Phi) is 3.02. The molecule has 0 aromatic heterocycles. The lowest BCUT2D eigenvalue weighted by Gasteiger charge is -2.48. The number of hydrogen-bond acceptors (Lipinski definition) is 2. The van der Waals surface area contributed by atoms with Crippen LogP contribution < -0.4 is 0 Å². The Bertz CT molecular complexity index is 464. The van der Waals surface area contributed by atoms with Crippen LogP contribution in [0.4, 0.5) is 0 Å². The molecule has 3 aliphatic carbocycles.